The molecule has 3 heterocycles. The second-order valence-corrected chi connectivity index (χ2v) is 16.2. The second kappa shape index (κ2) is 13.7. The van der Waals surface area contributed by atoms with E-state index in [1.54, 1.807) is 0 Å². The highest BCUT2D eigenvalue weighted by atomic mass is 16.3. The number of fused-ring (bicyclic) bond motifs is 9. The van der Waals surface area contributed by atoms with Crippen molar-refractivity contribution in [3.8, 4) is 33.9 Å². The van der Waals surface area contributed by atoms with Gasteiger partial charge in [0, 0.05) is 50.1 Å². The van der Waals surface area contributed by atoms with Crippen LogP contribution in [0.15, 0.2) is 215 Å². The molecule has 5 heteroatoms. The Hall–Kier alpha value is -8.15. The fraction of sp³-hybridized carbons (Fsp3) is 0.0351. The number of benzene rings is 8. The van der Waals surface area contributed by atoms with Crippen LogP contribution >= 0.6 is 0 Å². The molecule has 0 spiro atoms. The van der Waals surface area contributed by atoms with Crippen molar-refractivity contribution in [3.63, 3.8) is 0 Å². The van der Waals surface area contributed by atoms with Crippen LogP contribution in [0.1, 0.15) is 17.3 Å². The third-order valence-electron chi connectivity index (χ3n) is 12.7. The Morgan fingerprint density at radius 3 is 1.89 bits per heavy atom. The number of nitrogens with zero attached hydrogens (tertiary/aromatic N) is 3. The number of aromatic nitrogens is 3. The van der Waals surface area contributed by atoms with E-state index in [0.29, 0.717) is 17.5 Å². The molecule has 0 radical (unpaired) electrons. The molecule has 5 nitrogen and oxygen atoms in total. The minimum Gasteiger partial charge on any atom is -0.455 e. The summed E-state index contributed by atoms with van der Waals surface area (Å²) in [4.78, 5) is 15.8. The fourth-order valence-electron chi connectivity index (χ4n) is 9.79. The van der Waals surface area contributed by atoms with Crippen LogP contribution in [0.2, 0.25) is 0 Å². The predicted octanol–water partition coefficient (Wildman–Crippen LogP) is 14.8. The SMILES string of the molecule is C1=CC2=C(c3nc(-c4ccc5ccccc5c4)nc(-c4cccc5c4oc4ccccc45)n3)C=CC(c3cccc4oc5c(-c6ccc7ccccc7c6)cccc5c34)[C@@H]2C=C1. The van der Waals surface area contributed by atoms with Gasteiger partial charge >= 0.3 is 0 Å². The molecule has 0 aliphatic heterocycles. The monoisotopic (exact) mass is 793 g/mol. The Balaban J connectivity index is 0.967. The summed E-state index contributed by atoms with van der Waals surface area (Å²) in [6, 6.07) is 57.3. The molecule has 2 aliphatic carbocycles. The normalized spacial score (nSPS) is 16.1. The first kappa shape index (κ1) is 34.7. The Morgan fingerprint density at radius 2 is 1.03 bits per heavy atom. The van der Waals surface area contributed by atoms with Crippen molar-refractivity contribution in [1.29, 1.82) is 0 Å². The van der Waals surface area contributed by atoms with E-state index in [4.69, 9.17) is 23.8 Å². The predicted molar refractivity (Wildman–Crippen MR) is 253 cm³/mol. The van der Waals surface area contributed by atoms with Gasteiger partial charge in [-0.3, -0.25) is 0 Å². The van der Waals surface area contributed by atoms with E-state index in [1.807, 2.05) is 24.3 Å². The van der Waals surface area contributed by atoms with Crippen molar-refractivity contribution >= 4 is 71.0 Å². The van der Waals surface area contributed by atoms with Gasteiger partial charge in [0.25, 0.3) is 0 Å². The van der Waals surface area contributed by atoms with E-state index in [0.717, 1.165) is 88.0 Å². The highest BCUT2D eigenvalue weighted by molar-refractivity contribution is 6.12. The molecule has 0 fully saturated rings. The highest BCUT2D eigenvalue weighted by Crippen LogP contribution is 2.47. The summed E-state index contributed by atoms with van der Waals surface area (Å²) in [5, 5.41) is 9.07. The zero-order valence-electron chi connectivity index (χ0n) is 33.4. The Labute approximate surface area is 356 Å². The zero-order chi connectivity index (χ0) is 40.7. The molecule has 8 aromatic carbocycles. The number of para-hydroxylation sites is 3. The molecule has 0 N–H and O–H groups in total. The Bertz CT molecular complexity index is 3790. The van der Waals surface area contributed by atoms with Crippen LogP contribution in [0.25, 0.3) is 105 Å². The van der Waals surface area contributed by atoms with Crippen LogP contribution in [0.5, 0.6) is 0 Å². The number of hydrogen-bond acceptors (Lipinski definition) is 5. The Kier molecular flexibility index (Phi) is 7.66. The molecule has 62 heavy (non-hydrogen) atoms. The van der Waals surface area contributed by atoms with Crippen molar-refractivity contribution in [3.05, 3.63) is 217 Å². The first-order chi connectivity index (χ1) is 30.7. The van der Waals surface area contributed by atoms with Gasteiger partial charge in [0.15, 0.2) is 17.5 Å². The quantitative estimate of drug-likeness (QED) is 0.174. The first-order valence-electron chi connectivity index (χ1n) is 21.1. The largest absolute Gasteiger partial charge is 0.455 e. The average molecular weight is 794 g/mol. The summed E-state index contributed by atoms with van der Waals surface area (Å²) >= 11 is 0. The summed E-state index contributed by atoms with van der Waals surface area (Å²) in [5.74, 6) is 1.86. The van der Waals surface area contributed by atoms with Crippen molar-refractivity contribution in [2.45, 2.75) is 5.92 Å². The minimum absolute atomic E-state index is 0.0300. The number of rotatable bonds is 5. The van der Waals surface area contributed by atoms with Gasteiger partial charge in [0.05, 0.1) is 5.56 Å². The van der Waals surface area contributed by atoms with Crippen LogP contribution in [-0.2, 0) is 0 Å². The molecule has 0 saturated carbocycles. The van der Waals surface area contributed by atoms with Crippen molar-refractivity contribution in [2.24, 2.45) is 5.92 Å². The molecular formula is C57H35N3O2. The van der Waals surface area contributed by atoms with E-state index in [2.05, 4.69) is 176 Å². The van der Waals surface area contributed by atoms with Crippen LogP contribution in [0.3, 0.4) is 0 Å². The second-order valence-electron chi connectivity index (χ2n) is 16.2. The molecule has 0 bridgehead atoms. The molecule has 1 unspecified atom stereocenters. The lowest BCUT2D eigenvalue weighted by atomic mass is 9.73. The molecule has 13 rings (SSSR count). The Morgan fingerprint density at radius 1 is 0.403 bits per heavy atom. The summed E-state index contributed by atoms with van der Waals surface area (Å²) in [6.07, 6.45) is 13.4. The van der Waals surface area contributed by atoms with E-state index in [9.17, 15) is 0 Å². The van der Waals surface area contributed by atoms with Crippen LogP contribution in [0.4, 0.5) is 0 Å². The fourth-order valence-corrected chi connectivity index (χ4v) is 9.79. The molecule has 0 saturated heterocycles. The van der Waals surface area contributed by atoms with Gasteiger partial charge in [-0.2, -0.15) is 0 Å². The maximum absolute atomic E-state index is 6.79. The smallest absolute Gasteiger partial charge is 0.167 e. The summed E-state index contributed by atoms with van der Waals surface area (Å²) < 4.78 is 13.3. The molecule has 2 aliphatic rings. The maximum atomic E-state index is 6.79. The van der Waals surface area contributed by atoms with Crippen LogP contribution in [-0.4, -0.2) is 15.0 Å². The summed E-state index contributed by atoms with van der Waals surface area (Å²) in [7, 11) is 0. The van der Waals surface area contributed by atoms with Gasteiger partial charge in [-0.05, 0) is 68.6 Å². The van der Waals surface area contributed by atoms with Gasteiger partial charge in [0.1, 0.15) is 22.3 Å². The third kappa shape index (κ3) is 5.45. The molecule has 0 amide bonds. The molecule has 11 aromatic rings. The molecule has 3 aromatic heterocycles. The standard InChI is InChI=1S/C57H35N3O2/c1-3-14-36-32-38(28-26-34(36)12-1)40-19-9-22-48-52-45(20-11-25-51(52)62-53(40)48)43-30-31-47(42-17-6-5-16-41(42)43)56-58-55(39-29-27-35-13-2-4-15-37(35)33-39)59-57(60-56)49-23-10-21-46-44-18-7-8-24-50(44)61-54(46)49/h1-33,41,43H/t41-,43?/m1/s1. The van der Waals surface area contributed by atoms with Gasteiger partial charge in [0.2, 0.25) is 0 Å². The van der Waals surface area contributed by atoms with Crippen molar-refractivity contribution in [1.82, 2.24) is 15.0 Å². The van der Waals surface area contributed by atoms with E-state index >= 15 is 0 Å². The number of hydrogen-bond donors (Lipinski definition) is 0. The lowest BCUT2D eigenvalue weighted by molar-refractivity contribution is 0.663. The molecule has 290 valence electrons. The zero-order valence-corrected chi connectivity index (χ0v) is 33.4. The van der Waals surface area contributed by atoms with Gasteiger partial charge < -0.3 is 8.83 Å². The third-order valence-corrected chi connectivity index (χ3v) is 12.7. The minimum atomic E-state index is 0.0300. The van der Waals surface area contributed by atoms with Crippen molar-refractivity contribution < 1.29 is 8.83 Å². The van der Waals surface area contributed by atoms with E-state index in [1.165, 1.54) is 16.3 Å². The van der Waals surface area contributed by atoms with Crippen LogP contribution in [0, 0.1) is 5.92 Å². The highest BCUT2D eigenvalue weighted by Gasteiger charge is 2.32. The van der Waals surface area contributed by atoms with Crippen molar-refractivity contribution in [2.75, 3.05) is 0 Å². The molecule has 2 atom stereocenters. The number of allylic oxidation sites excluding steroid dienone is 8. The maximum Gasteiger partial charge on any atom is 0.167 e. The van der Waals surface area contributed by atoms with Gasteiger partial charge in [-0.1, -0.05) is 170 Å². The van der Waals surface area contributed by atoms with Crippen LogP contribution < -0.4 is 0 Å². The van der Waals surface area contributed by atoms with E-state index < -0.39 is 0 Å². The first-order valence-corrected chi connectivity index (χ1v) is 21.1. The lowest BCUT2D eigenvalue weighted by Crippen LogP contribution is -2.18. The van der Waals surface area contributed by atoms with E-state index in [-0.39, 0.29) is 11.8 Å². The summed E-state index contributed by atoms with van der Waals surface area (Å²) in [6.45, 7) is 0. The average Bonchev–Trinajstić information content (AvgIpc) is 3.92. The number of furan rings is 2. The molecular weight excluding hydrogens is 759 g/mol. The lowest BCUT2D eigenvalue weighted by Gasteiger charge is -2.30. The summed E-state index contributed by atoms with van der Waals surface area (Å²) in [5.41, 5.74) is 10.7. The van der Waals surface area contributed by atoms with Gasteiger partial charge in [-0.15, -0.1) is 0 Å². The van der Waals surface area contributed by atoms with Gasteiger partial charge in [-0.25, -0.2) is 15.0 Å². The topological polar surface area (TPSA) is 65.0 Å².